The van der Waals surface area contributed by atoms with Gasteiger partial charge >= 0.3 is 0 Å². The minimum absolute atomic E-state index is 0.0124. The van der Waals surface area contributed by atoms with Gasteiger partial charge in [0.1, 0.15) is 17.6 Å². The number of thiazole rings is 1. The summed E-state index contributed by atoms with van der Waals surface area (Å²) in [5, 5.41) is 5.25. The van der Waals surface area contributed by atoms with Crippen molar-refractivity contribution in [2.45, 2.75) is 25.8 Å². The summed E-state index contributed by atoms with van der Waals surface area (Å²) in [4.78, 5) is 47.1. The second-order valence-electron chi connectivity index (χ2n) is 7.66. The first kappa shape index (κ1) is 21.2. The number of amides is 3. The molecule has 2 aliphatic rings. The van der Waals surface area contributed by atoms with E-state index in [9.17, 15) is 18.8 Å². The Labute approximate surface area is 183 Å². The topological polar surface area (TPSA) is 85.9 Å². The minimum atomic E-state index is -0.494. The molecule has 2 fully saturated rings. The molecule has 2 aliphatic heterocycles. The van der Waals surface area contributed by atoms with Gasteiger partial charge in [-0.3, -0.25) is 14.4 Å². The van der Waals surface area contributed by atoms with E-state index in [0.29, 0.717) is 50.0 Å². The number of hydrogen-bond donors (Lipinski definition) is 1. The molecule has 31 heavy (non-hydrogen) atoms. The van der Waals surface area contributed by atoms with Crippen LogP contribution < -0.4 is 5.32 Å². The molecule has 1 N–H and O–H groups in total. The Morgan fingerprint density at radius 2 is 1.74 bits per heavy atom. The standard InChI is InChI=1S/C21H24FN5O3S/c1-14(28)25-9-11-26(12-10-25)20(30)18-3-2-8-27(18)19(29)17-13-31-21(24-17)23-16-6-4-15(22)5-7-16/h4-7,13,18H,2-3,8-12H2,1H3,(H,23,24). The molecular weight excluding hydrogens is 421 g/mol. The van der Waals surface area contributed by atoms with Gasteiger partial charge in [-0.25, -0.2) is 9.37 Å². The van der Waals surface area contributed by atoms with Gasteiger partial charge in [0, 0.05) is 50.7 Å². The molecule has 2 saturated heterocycles. The highest BCUT2D eigenvalue weighted by atomic mass is 32.1. The Bertz CT molecular complexity index is 972. The quantitative estimate of drug-likeness (QED) is 0.781. The lowest BCUT2D eigenvalue weighted by molar-refractivity contribution is -0.141. The number of benzene rings is 1. The van der Waals surface area contributed by atoms with E-state index in [4.69, 9.17) is 0 Å². The van der Waals surface area contributed by atoms with E-state index in [-0.39, 0.29) is 29.2 Å². The Morgan fingerprint density at radius 1 is 1.06 bits per heavy atom. The molecule has 0 spiro atoms. The maximum Gasteiger partial charge on any atom is 0.274 e. The van der Waals surface area contributed by atoms with Gasteiger partial charge in [-0.1, -0.05) is 0 Å². The summed E-state index contributed by atoms with van der Waals surface area (Å²) in [7, 11) is 0. The van der Waals surface area contributed by atoms with Crippen molar-refractivity contribution in [3.63, 3.8) is 0 Å². The van der Waals surface area contributed by atoms with Crippen LogP contribution in [0, 0.1) is 5.82 Å². The maximum absolute atomic E-state index is 13.1. The third-order valence-electron chi connectivity index (χ3n) is 5.65. The first-order valence-electron chi connectivity index (χ1n) is 10.3. The van der Waals surface area contributed by atoms with Crippen LogP contribution in [-0.2, 0) is 9.59 Å². The average Bonchev–Trinajstić information content (AvgIpc) is 3.44. The lowest BCUT2D eigenvalue weighted by Crippen LogP contribution is -2.55. The molecule has 8 nitrogen and oxygen atoms in total. The number of carbonyl (C=O) groups excluding carboxylic acids is 3. The smallest absolute Gasteiger partial charge is 0.274 e. The van der Waals surface area contributed by atoms with E-state index in [1.54, 1.807) is 32.2 Å². The van der Waals surface area contributed by atoms with Crippen LogP contribution >= 0.6 is 11.3 Å². The second kappa shape index (κ2) is 9.01. The molecule has 164 valence electrons. The summed E-state index contributed by atoms with van der Waals surface area (Å²) in [5.41, 5.74) is 0.962. The predicted octanol–water partition coefficient (Wildman–Crippen LogP) is 2.32. The lowest BCUT2D eigenvalue weighted by Gasteiger charge is -2.36. The van der Waals surface area contributed by atoms with Crippen molar-refractivity contribution in [3.8, 4) is 0 Å². The fraction of sp³-hybridized carbons (Fsp3) is 0.429. The number of likely N-dealkylation sites (tertiary alicyclic amines) is 1. The van der Waals surface area contributed by atoms with Crippen molar-refractivity contribution in [2.75, 3.05) is 38.0 Å². The van der Waals surface area contributed by atoms with Crippen LogP contribution in [-0.4, -0.2) is 76.2 Å². The number of carbonyl (C=O) groups is 3. The van der Waals surface area contributed by atoms with E-state index in [1.807, 2.05) is 0 Å². The van der Waals surface area contributed by atoms with Crippen molar-refractivity contribution in [1.29, 1.82) is 0 Å². The van der Waals surface area contributed by atoms with Gasteiger partial charge in [0.15, 0.2) is 5.13 Å². The van der Waals surface area contributed by atoms with Crippen LogP contribution in [0.15, 0.2) is 29.6 Å². The van der Waals surface area contributed by atoms with E-state index in [2.05, 4.69) is 10.3 Å². The van der Waals surface area contributed by atoms with Crippen molar-refractivity contribution < 1.29 is 18.8 Å². The van der Waals surface area contributed by atoms with Crippen LogP contribution in [0.4, 0.5) is 15.2 Å². The number of rotatable bonds is 4. The molecule has 1 aromatic heterocycles. The highest BCUT2D eigenvalue weighted by molar-refractivity contribution is 7.14. The Hall–Kier alpha value is -3.01. The predicted molar refractivity (Wildman–Crippen MR) is 115 cm³/mol. The summed E-state index contributed by atoms with van der Waals surface area (Å²) in [6, 6.07) is 5.39. The fourth-order valence-electron chi connectivity index (χ4n) is 3.95. The monoisotopic (exact) mass is 445 g/mol. The summed E-state index contributed by atoms with van der Waals surface area (Å²) < 4.78 is 13.1. The zero-order chi connectivity index (χ0) is 22.0. The summed E-state index contributed by atoms with van der Waals surface area (Å²) in [6.45, 7) is 4.06. The Balaban J connectivity index is 1.40. The molecule has 0 radical (unpaired) electrons. The zero-order valence-electron chi connectivity index (χ0n) is 17.2. The molecule has 0 saturated carbocycles. The van der Waals surface area contributed by atoms with Gasteiger partial charge in [0.05, 0.1) is 0 Å². The van der Waals surface area contributed by atoms with Crippen molar-refractivity contribution in [3.05, 3.63) is 41.2 Å². The van der Waals surface area contributed by atoms with Gasteiger partial charge < -0.3 is 20.0 Å². The highest BCUT2D eigenvalue weighted by Crippen LogP contribution is 2.26. The van der Waals surface area contributed by atoms with Crippen LogP contribution in [0.3, 0.4) is 0 Å². The van der Waals surface area contributed by atoms with Gasteiger partial charge in [-0.15, -0.1) is 11.3 Å². The van der Waals surface area contributed by atoms with Gasteiger partial charge in [-0.2, -0.15) is 0 Å². The first-order valence-corrected chi connectivity index (χ1v) is 11.1. The van der Waals surface area contributed by atoms with E-state index in [0.717, 1.165) is 6.42 Å². The molecule has 1 atom stereocenters. The largest absolute Gasteiger partial charge is 0.339 e. The van der Waals surface area contributed by atoms with E-state index >= 15 is 0 Å². The third-order valence-corrected chi connectivity index (χ3v) is 6.41. The fourth-order valence-corrected chi connectivity index (χ4v) is 4.66. The number of aromatic nitrogens is 1. The number of nitrogens with zero attached hydrogens (tertiary/aromatic N) is 4. The molecule has 1 aromatic carbocycles. The average molecular weight is 446 g/mol. The molecule has 3 amide bonds. The first-order chi connectivity index (χ1) is 14.9. The molecule has 10 heteroatoms. The highest BCUT2D eigenvalue weighted by Gasteiger charge is 2.38. The van der Waals surface area contributed by atoms with Crippen LogP contribution in [0.25, 0.3) is 0 Å². The molecule has 3 heterocycles. The Kier molecular flexibility index (Phi) is 6.17. The van der Waals surface area contributed by atoms with Crippen molar-refractivity contribution >= 4 is 39.9 Å². The molecule has 4 rings (SSSR count). The third kappa shape index (κ3) is 4.68. The maximum atomic E-state index is 13.1. The summed E-state index contributed by atoms with van der Waals surface area (Å²) >= 11 is 1.28. The molecule has 2 aromatic rings. The number of hydrogen-bond acceptors (Lipinski definition) is 6. The van der Waals surface area contributed by atoms with Crippen LogP contribution in [0.5, 0.6) is 0 Å². The number of anilines is 2. The summed E-state index contributed by atoms with van der Waals surface area (Å²) in [6.07, 6.45) is 1.39. The number of piperazine rings is 1. The van der Waals surface area contributed by atoms with Crippen LogP contribution in [0.1, 0.15) is 30.3 Å². The molecular formula is C21H24FN5O3S. The van der Waals surface area contributed by atoms with Crippen molar-refractivity contribution in [2.24, 2.45) is 0 Å². The lowest BCUT2D eigenvalue weighted by atomic mass is 10.1. The van der Waals surface area contributed by atoms with Gasteiger partial charge in [0.2, 0.25) is 11.8 Å². The molecule has 0 aliphatic carbocycles. The minimum Gasteiger partial charge on any atom is -0.339 e. The Morgan fingerprint density at radius 3 is 2.42 bits per heavy atom. The number of nitrogens with one attached hydrogen (secondary N) is 1. The van der Waals surface area contributed by atoms with Gasteiger partial charge in [0.25, 0.3) is 5.91 Å². The molecule has 0 bridgehead atoms. The van der Waals surface area contributed by atoms with E-state index < -0.39 is 6.04 Å². The number of halogens is 1. The second-order valence-corrected chi connectivity index (χ2v) is 8.52. The van der Waals surface area contributed by atoms with E-state index in [1.165, 1.54) is 30.4 Å². The SMILES string of the molecule is CC(=O)N1CCN(C(=O)C2CCCN2C(=O)c2csc(Nc3ccc(F)cc3)n2)CC1. The van der Waals surface area contributed by atoms with Crippen LogP contribution in [0.2, 0.25) is 0 Å². The molecule has 1 unspecified atom stereocenters. The van der Waals surface area contributed by atoms with Crippen molar-refractivity contribution in [1.82, 2.24) is 19.7 Å². The summed E-state index contributed by atoms with van der Waals surface area (Å²) in [5.74, 6) is -0.637. The normalized spacial score (nSPS) is 18.9. The zero-order valence-corrected chi connectivity index (χ0v) is 18.0. The van der Waals surface area contributed by atoms with Gasteiger partial charge in [-0.05, 0) is 37.1 Å².